The van der Waals surface area contributed by atoms with E-state index in [1.165, 1.54) is 30.4 Å². The van der Waals surface area contributed by atoms with Crippen LogP contribution < -0.4 is 11.3 Å². The Morgan fingerprint density at radius 3 is 2.53 bits per heavy atom. The molecule has 1 aromatic carbocycles. The molecule has 0 spiro atoms. The molecule has 3 aliphatic carbocycles. The first-order chi connectivity index (χ1) is 7.09. The maximum atomic E-state index is 5.96. The summed E-state index contributed by atoms with van der Waals surface area (Å²) in [7, 11) is 0. The van der Waals surface area contributed by atoms with Crippen LogP contribution in [-0.2, 0) is 5.41 Å². The molecule has 0 aliphatic heterocycles. The monoisotopic (exact) mass is 222 g/mol. The minimum absolute atomic E-state index is 0.256. The van der Waals surface area contributed by atoms with E-state index in [0.29, 0.717) is 5.41 Å². The Bertz CT molecular complexity index is 408. The predicted molar refractivity (Wildman–Crippen MR) is 61.8 cm³/mol. The van der Waals surface area contributed by atoms with Crippen molar-refractivity contribution in [3.05, 3.63) is 34.3 Å². The fourth-order valence-electron chi connectivity index (χ4n) is 3.45. The van der Waals surface area contributed by atoms with Gasteiger partial charge in [0.15, 0.2) is 0 Å². The topological polar surface area (TPSA) is 38.0 Å². The van der Waals surface area contributed by atoms with Gasteiger partial charge in [0.05, 0.1) is 0 Å². The molecule has 3 saturated carbocycles. The van der Waals surface area contributed by atoms with Gasteiger partial charge in [-0.2, -0.15) is 0 Å². The van der Waals surface area contributed by atoms with Crippen molar-refractivity contribution < 1.29 is 0 Å². The molecule has 0 heterocycles. The van der Waals surface area contributed by atoms with E-state index in [-0.39, 0.29) is 5.54 Å². The van der Waals surface area contributed by atoms with Crippen molar-refractivity contribution in [3.63, 3.8) is 0 Å². The Kier molecular flexibility index (Phi) is 1.77. The Hall–Kier alpha value is -0.570. The van der Waals surface area contributed by atoms with Gasteiger partial charge in [-0.25, -0.2) is 0 Å². The van der Waals surface area contributed by atoms with E-state index in [4.69, 9.17) is 17.4 Å². The normalized spacial score (nSPS) is 37.0. The largest absolute Gasteiger partial charge is 0.271 e. The lowest BCUT2D eigenvalue weighted by Crippen LogP contribution is -2.77. The third-order valence-electron chi connectivity index (χ3n) is 4.10. The third kappa shape index (κ3) is 1.13. The van der Waals surface area contributed by atoms with Crippen LogP contribution in [0.2, 0.25) is 5.02 Å². The van der Waals surface area contributed by atoms with Crippen molar-refractivity contribution in [2.24, 2.45) is 5.84 Å². The van der Waals surface area contributed by atoms with Crippen LogP contribution in [0.5, 0.6) is 0 Å². The molecule has 3 N–H and O–H groups in total. The standard InChI is InChI=1S/C12H15ClN2/c1-8-4-9(13)2-3-10(8)11-5-12(6-11,7-11)15-14/h2-4,15H,5-7,14H2,1H3. The molecule has 3 heteroatoms. The second kappa shape index (κ2) is 2.76. The molecule has 0 unspecified atom stereocenters. The van der Waals surface area contributed by atoms with Crippen LogP contribution in [0.4, 0.5) is 0 Å². The van der Waals surface area contributed by atoms with E-state index in [2.05, 4.69) is 24.5 Å². The summed E-state index contributed by atoms with van der Waals surface area (Å²) in [6, 6.07) is 6.23. The SMILES string of the molecule is Cc1cc(Cl)ccc1C12CC(NN)(C1)C2. The number of hydrazine groups is 1. The van der Waals surface area contributed by atoms with Gasteiger partial charge < -0.3 is 0 Å². The maximum absolute atomic E-state index is 5.96. The molecule has 80 valence electrons. The second-order valence-corrected chi connectivity index (χ2v) is 5.63. The zero-order chi connectivity index (χ0) is 10.7. The molecule has 0 radical (unpaired) electrons. The van der Waals surface area contributed by atoms with Gasteiger partial charge in [-0.1, -0.05) is 17.7 Å². The highest BCUT2D eigenvalue weighted by molar-refractivity contribution is 6.30. The number of nitrogens with two attached hydrogens (primary N) is 1. The number of benzene rings is 1. The Balaban J connectivity index is 1.91. The van der Waals surface area contributed by atoms with Gasteiger partial charge in [-0.3, -0.25) is 11.3 Å². The number of hydrogen-bond donors (Lipinski definition) is 2. The molecule has 2 nitrogen and oxygen atoms in total. The molecular formula is C12H15ClN2. The van der Waals surface area contributed by atoms with Gasteiger partial charge in [-0.15, -0.1) is 0 Å². The zero-order valence-corrected chi connectivity index (χ0v) is 9.56. The second-order valence-electron chi connectivity index (χ2n) is 5.19. The summed E-state index contributed by atoms with van der Waals surface area (Å²) in [6.07, 6.45) is 3.54. The summed E-state index contributed by atoms with van der Waals surface area (Å²) >= 11 is 5.96. The average Bonchev–Trinajstić information content (AvgIpc) is 2.04. The molecule has 0 atom stereocenters. The summed E-state index contributed by atoms with van der Waals surface area (Å²) in [5.74, 6) is 5.53. The molecule has 3 aliphatic rings. The lowest BCUT2D eigenvalue weighted by molar-refractivity contribution is -0.0886. The van der Waals surface area contributed by atoms with Gasteiger partial charge in [0.2, 0.25) is 0 Å². The molecule has 3 fully saturated rings. The smallest absolute Gasteiger partial charge is 0.0408 e. The van der Waals surface area contributed by atoms with Crippen LogP contribution >= 0.6 is 11.6 Å². The Morgan fingerprint density at radius 2 is 2.00 bits per heavy atom. The van der Waals surface area contributed by atoms with Crippen LogP contribution in [0.25, 0.3) is 0 Å². The van der Waals surface area contributed by atoms with Gasteiger partial charge in [-0.05, 0) is 49.4 Å². The van der Waals surface area contributed by atoms with E-state index >= 15 is 0 Å². The number of rotatable bonds is 2. The quantitative estimate of drug-likeness (QED) is 0.595. The van der Waals surface area contributed by atoms with Gasteiger partial charge in [0.25, 0.3) is 0 Å². The highest BCUT2D eigenvalue weighted by Gasteiger charge is 2.68. The highest BCUT2D eigenvalue weighted by Crippen LogP contribution is 2.67. The van der Waals surface area contributed by atoms with Gasteiger partial charge >= 0.3 is 0 Å². The summed E-state index contributed by atoms with van der Waals surface area (Å²) in [5, 5.41) is 0.828. The first-order valence-corrected chi connectivity index (χ1v) is 5.71. The fourth-order valence-corrected chi connectivity index (χ4v) is 3.68. The molecule has 0 amide bonds. The maximum Gasteiger partial charge on any atom is 0.0408 e. The minimum Gasteiger partial charge on any atom is -0.271 e. The Labute approximate surface area is 94.8 Å². The minimum atomic E-state index is 0.256. The molecule has 4 rings (SSSR count). The molecular weight excluding hydrogens is 208 g/mol. The summed E-state index contributed by atoms with van der Waals surface area (Å²) in [4.78, 5) is 0. The van der Waals surface area contributed by atoms with Crippen molar-refractivity contribution in [2.45, 2.75) is 37.1 Å². The number of aryl methyl sites for hydroxylation is 1. The molecule has 15 heavy (non-hydrogen) atoms. The van der Waals surface area contributed by atoms with Crippen molar-refractivity contribution in [1.29, 1.82) is 0 Å². The lowest BCUT2D eigenvalue weighted by atomic mass is 9.37. The molecule has 2 bridgehead atoms. The van der Waals surface area contributed by atoms with E-state index in [1.54, 1.807) is 0 Å². The molecule has 0 saturated heterocycles. The van der Waals surface area contributed by atoms with Crippen molar-refractivity contribution in [3.8, 4) is 0 Å². The van der Waals surface area contributed by atoms with Crippen molar-refractivity contribution in [2.75, 3.05) is 0 Å². The number of hydrogen-bond acceptors (Lipinski definition) is 2. The highest BCUT2D eigenvalue weighted by atomic mass is 35.5. The molecule has 0 aromatic heterocycles. The zero-order valence-electron chi connectivity index (χ0n) is 8.81. The van der Waals surface area contributed by atoms with E-state index in [9.17, 15) is 0 Å². The van der Waals surface area contributed by atoms with Crippen LogP contribution in [0.3, 0.4) is 0 Å². The van der Waals surface area contributed by atoms with Crippen LogP contribution in [-0.4, -0.2) is 5.54 Å². The van der Waals surface area contributed by atoms with Gasteiger partial charge in [0.1, 0.15) is 0 Å². The van der Waals surface area contributed by atoms with E-state index in [1.807, 2.05) is 6.07 Å². The fraction of sp³-hybridized carbons (Fsp3) is 0.500. The predicted octanol–water partition coefficient (Wildman–Crippen LogP) is 2.29. The average molecular weight is 223 g/mol. The lowest BCUT2D eigenvalue weighted by Gasteiger charge is -2.71. The summed E-state index contributed by atoms with van der Waals surface area (Å²) < 4.78 is 0. The molecule has 1 aromatic rings. The van der Waals surface area contributed by atoms with Gasteiger partial charge in [0, 0.05) is 16.0 Å². The van der Waals surface area contributed by atoms with Crippen LogP contribution in [0.1, 0.15) is 30.4 Å². The van der Waals surface area contributed by atoms with Crippen molar-refractivity contribution in [1.82, 2.24) is 5.43 Å². The van der Waals surface area contributed by atoms with Crippen LogP contribution in [0, 0.1) is 6.92 Å². The summed E-state index contributed by atoms with van der Waals surface area (Å²) in [5.41, 5.74) is 6.38. The van der Waals surface area contributed by atoms with Crippen molar-refractivity contribution >= 4 is 11.6 Å². The van der Waals surface area contributed by atoms with E-state index < -0.39 is 0 Å². The van der Waals surface area contributed by atoms with Crippen LogP contribution in [0.15, 0.2) is 18.2 Å². The Morgan fingerprint density at radius 1 is 1.33 bits per heavy atom. The van der Waals surface area contributed by atoms with E-state index in [0.717, 1.165) is 5.02 Å². The first-order valence-electron chi connectivity index (χ1n) is 5.34. The first kappa shape index (κ1) is 9.64. The number of halogens is 1. The summed E-state index contributed by atoms with van der Waals surface area (Å²) in [6.45, 7) is 2.14. The number of nitrogens with one attached hydrogen (secondary N) is 1. The third-order valence-corrected chi connectivity index (χ3v) is 4.33.